The molecule has 0 radical (unpaired) electrons. The largest absolute Gasteiger partial charge is 0.213 e. The highest BCUT2D eigenvalue weighted by molar-refractivity contribution is 5.76. The minimum Gasteiger partial charge on any atom is -0.201 e. The molecule has 10 aromatic carbocycles. The maximum absolute atomic E-state index is 9.00. The fourth-order valence-corrected chi connectivity index (χ4v) is 15.6. The van der Waals surface area contributed by atoms with Gasteiger partial charge in [0.15, 0.2) is 31.0 Å². The normalized spacial score (nSPS) is 19.1. The first kappa shape index (κ1) is 63.1. The molecule has 2 atom stereocenters. The maximum atomic E-state index is 9.00. The van der Waals surface area contributed by atoms with E-state index < -0.39 is 57.8 Å². The van der Waals surface area contributed by atoms with Crippen LogP contribution in [0.15, 0.2) is 316 Å². The highest BCUT2D eigenvalue weighted by atomic mass is 14.9. The second-order valence-electron chi connectivity index (χ2n) is 31.5. The van der Waals surface area contributed by atoms with Crippen molar-refractivity contribution >= 4 is 0 Å². The minimum absolute atomic E-state index is 0.0479. The van der Waals surface area contributed by atoms with Gasteiger partial charge in [-0.25, -0.2) is 22.8 Å². The number of nitrogens with zero attached hydrogens (tertiary/aromatic N) is 5. The topological polar surface area (TPSA) is 19.4 Å². The van der Waals surface area contributed by atoms with Crippen LogP contribution >= 0.6 is 0 Å². The summed E-state index contributed by atoms with van der Waals surface area (Å²) in [5.74, 6) is -3.23. The van der Waals surface area contributed by atoms with Crippen molar-refractivity contribution in [2.24, 2.45) is 35.2 Å². The van der Waals surface area contributed by atoms with E-state index in [-0.39, 0.29) is 32.1 Å². The Kier molecular flexibility index (Phi) is 21.2. The van der Waals surface area contributed by atoms with E-state index in [9.17, 15) is 0 Å². The number of pyridine rings is 5. The van der Waals surface area contributed by atoms with Crippen LogP contribution in [-0.4, -0.2) is 0 Å². The lowest BCUT2D eigenvalue weighted by atomic mass is 9.83. The Morgan fingerprint density at radius 1 is 0.277 bits per heavy atom. The van der Waals surface area contributed by atoms with E-state index in [0.717, 1.165) is 95.1 Å². The molecule has 2 fully saturated rings. The van der Waals surface area contributed by atoms with Gasteiger partial charge in [-0.1, -0.05) is 251 Å². The van der Waals surface area contributed by atoms with Crippen molar-refractivity contribution in [1.82, 2.24) is 0 Å². The van der Waals surface area contributed by atoms with Crippen LogP contribution in [0.3, 0.4) is 0 Å². The highest BCUT2D eigenvalue weighted by Gasteiger charge is 2.23. The van der Waals surface area contributed by atoms with E-state index >= 15 is 0 Å². The molecule has 5 aromatic heterocycles. The zero-order chi connectivity index (χ0) is 100. The first-order valence-corrected chi connectivity index (χ1v) is 41.2. The molecule has 2 aliphatic carbocycles. The van der Waals surface area contributed by atoms with E-state index in [1.807, 2.05) is 192 Å². The Balaban J connectivity index is 0.000000146. The molecular weight excluding hydrogens is 1440 g/mol. The average molecular weight is 1580 g/mol. The Bertz CT molecular complexity index is 6920. The van der Waals surface area contributed by atoms with Crippen LogP contribution in [0.2, 0.25) is 0 Å². The standard InChI is InChI=1S/C25H28N.C24H26N.C23H26N.2C21H22N/c1-19-9-6-7-14-24(19)25-18-23(15-16-26(25)2)22-13-8-12-21(17-22)20-10-4-3-5-11-20;1-18-8-3-6-13-23(18)24-17-22(14-15-25(24)2)21-12-7-11-20(16-21)19-9-4-5-10-19;1-5-18-13-19(6-2)15-21(14-18)20-11-12-24(4)23(16-20)22-10-8-7-9-17(22)3;1-15-11-16(2)13-19(12-15)18-9-10-22(4)21(14-18)20-8-6-5-7-17(20)3;1-15-9-10-18(13-17(15)3)19-11-12-22(4)21(14-19)20-8-6-5-7-16(20)2/h6-9,12-18,20H,3-5,10-11H2,1-2H3;3,6-8,11-17,19H,4-5,9-10H2,1-2H3;7-16H,5-6H2,1-4H3;2*5-14H,1-4H3/q5*+1/i4D2,10D2,20D;4D2,9D2,19D;1D3,2D3;1D3;. The lowest BCUT2D eigenvalue weighted by Gasteiger charge is -2.22. The van der Waals surface area contributed by atoms with Gasteiger partial charge in [-0.15, -0.1) is 0 Å². The molecule has 17 rings (SSSR count). The lowest BCUT2D eigenvalue weighted by Crippen LogP contribution is -2.30. The first-order valence-electron chi connectivity index (χ1n) is 50.7. The first-order chi connectivity index (χ1) is 64.9. The second-order valence-corrected chi connectivity index (χ2v) is 31.5. The summed E-state index contributed by atoms with van der Waals surface area (Å²) >= 11 is 0. The summed E-state index contributed by atoms with van der Waals surface area (Å²) in [6.45, 7) is 10.4. The number of aromatic nitrogens is 5. The molecule has 0 bridgehead atoms. The third-order valence-corrected chi connectivity index (χ3v) is 22.7. The zero-order valence-corrected chi connectivity index (χ0v) is 71.2. The van der Waals surface area contributed by atoms with Gasteiger partial charge in [0, 0.05) is 115 Å². The third-order valence-electron chi connectivity index (χ3n) is 22.7. The SMILES string of the molecule is Cc1ccc(-c2cc[n+](C)c(-c3ccccc3C)c2)cc1C.[2H]C([2H])([2H])Cc1cc(CC([2H])([2H])[2H])cc(-c2cc[n+](C)c(-c3ccccc3C)c2)c1.[2H]C([2H])([2H])c1cc(C)cc(-c2cc[n+](C)c(-c3ccccc3C)c2)c1.[2H]C1([2H])CCC([2H])(c2cccc(-c3cc[n+](C)c(-c4ccccc4C)c3)c2)C1([2H])[2H].[2H]C1([2H])CCCC([2H])(c2cccc(-c3cc[n+](C)c(-c4ccccc4C)c3)c2)C1([2H])[2H]. The van der Waals surface area contributed by atoms with Gasteiger partial charge in [0.1, 0.15) is 35.2 Å². The molecule has 5 nitrogen and oxygen atoms in total. The smallest absolute Gasteiger partial charge is 0.201 e. The molecule has 0 aliphatic heterocycles. The molecule has 0 spiro atoms. The van der Waals surface area contributed by atoms with Gasteiger partial charge in [0.05, 0.1) is 0 Å². The summed E-state index contributed by atoms with van der Waals surface area (Å²) in [7, 11) is 10.1. The number of benzene rings is 10. The van der Waals surface area contributed by atoms with Crippen LogP contribution in [0.4, 0.5) is 0 Å². The van der Waals surface area contributed by atoms with E-state index in [1.54, 1.807) is 30.3 Å². The van der Waals surface area contributed by atoms with Gasteiger partial charge in [-0.3, -0.25) is 0 Å². The molecule has 5 heterocycles. The molecule has 2 saturated carbocycles. The van der Waals surface area contributed by atoms with Crippen LogP contribution in [0.25, 0.3) is 112 Å². The molecule has 0 amide bonds. The fourth-order valence-electron chi connectivity index (χ4n) is 15.6. The van der Waals surface area contributed by atoms with Crippen LogP contribution in [0.1, 0.15) is 181 Å². The van der Waals surface area contributed by atoms with Crippen molar-refractivity contribution in [2.75, 3.05) is 0 Å². The monoisotopic (exact) mass is 1580 g/mol. The van der Waals surface area contributed by atoms with Crippen molar-refractivity contribution in [2.45, 2.75) is 158 Å². The van der Waals surface area contributed by atoms with Gasteiger partial charge in [0.25, 0.3) is 0 Å². The molecule has 0 saturated heterocycles. The van der Waals surface area contributed by atoms with Crippen molar-refractivity contribution in [3.63, 3.8) is 0 Å². The molecule has 600 valence electrons. The summed E-state index contributed by atoms with van der Waals surface area (Å²) in [4.78, 5) is 0. The highest BCUT2D eigenvalue weighted by Crippen LogP contribution is 2.39. The summed E-state index contributed by atoms with van der Waals surface area (Å²) in [5, 5.41) is 0. The van der Waals surface area contributed by atoms with Crippen molar-refractivity contribution in [3.8, 4) is 112 Å². The number of hydrogen-bond acceptors (Lipinski definition) is 0. The van der Waals surface area contributed by atoms with Gasteiger partial charge < -0.3 is 0 Å². The maximum Gasteiger partial charge on any atom is 0.213 e. The Morgan fingerprint density at radius 2 is 0.605 bits per heavy atom. The van der Waals surface area contributed by atoms with Crippen molar-refractivity contribution < 1.29 is 48.9 Å². The zero-order valence-electron chi connectivity index (χ0n) is 90.2. The van der Waals surface area contributed by atoms with Crippen LogP contribution in [0.5, 0.6) is 0 Å². The van der Waals surface area contributed by atoms with Crippen LogP contribution in [-0.2, 0) is 48.1 Å². The Hall–Kier alpha value is -12.1. The van der Waals surface area contributed by atoms with Crippen molar-refractivity contribution in [1.29, 1.82) is 0 Å². The molecule has 0 N–H and O–H groups in total. The molecule has 15 aromatic rings. The number of hydrogen-bond donors (Lipinski definition) is 0. The second kappa shape index (κ2) is 39.9. The molecule has 2 aliphatic rings. The van der Waals surface area contributed by atoms with Crippen molar-refractivity contribution in [3.05, 3.63) is 388 Å². The average Bonchev–Trinajstić information content (AvgIpc) is 1.63. The molecular formula is C114H124N5+5. The third kappa shape index (κ3) is 21.3. The summed E-state index contributed by atoms with van der Waals surface area (Å²) in [5.41, 5.74) is 33.8. The number of aryl methyl sites for hydroxylation is 16. The fraction of sp³-hybridized carbons (Fsp3) is 0.254. The van der Waals surface area contributed by atoms with E-state index in [2.05, 4.69) is 207 Å². The van der Waals surface area contributed by atoms with Crippen LogP contribution in [0, 0.1) is 62.2 Å². The minimum atomic E-state index is -2.27. The predicted octanol–water partition coefficient (Wildman–Crippen LogP) is 26.8. The quantitative estimate of drug-likeness (QED) is 0.0967. The summed E-state index contributed by atoms with van der Waals surface area (Å²) < 4.78 is 163. The lowest BCUT2D eigenvalue weighted by molar-refractivity contribution is -0.660. The van der Waals surface area contributed by atoms with E-state index in [0.29, 0.717) is 40.7 Å². The molecule has 5 heteroatoms. The van der Waals surface area contributed by atoms with Gasteiger partial charge >= 0.3 is 0 Å². The molecule has 2 unspecified atom stereocenters. The Labute approximate surface area is 739 Å². The summed E-state index contributed by atoms with van der Waals surface area (Å²) in [6.07, 6.45) is 2.56. The summed E-state index contributed by atoms with van der Waals surface area (Å²) in [6, 6.07) is 94.8. The molecule has 119 heavy (non-hydrogen) atoms. The van der Waals surface area contributed by atoms with E-state index in [1.165, 1.54) is 61.3 Å². The Morgan fingerprint density at radius 3 is 0.958 bits per heavy atom. The predicted molar refractivity (Wildman–Crippen MR) is 501 cm³/mol. The van der Waals surface area contributed by atoms with Gasteiger partial charge in [0.2, 0.25) is 28.5 Å². The van der Waals surface area contributed by atoms with Gasteiger partial charge in [-0.2, -0.15) is 0 Å². The van der Waals surface area contributed by atoms with E-state index in [4.69, 9.17) is 26.0 Å². The number of rotatable bonds is 14. The van der Waals surface area contributed by atoms with Crippen LogP contribution < -0.4 is 22.8 Å². The van der Waals surface area contributed by atoms with Gasteiger partial charge in [-0.05, 0) is 260 Å².